The van der Waals surface area contributed by atoms with E-state index in [0.29, 0.717) is 17.1 Å². The van der Waals surface area contributed by atoms with E-state index in [4.69, 9.17) is 0 Å². The Hall–Kier alpha value is -0.330. The van der Waals surface area contributed by atoms with Crippen molar-refractivity contribution >= 4 is 5.78 Å². The molecular formula is C9H16O. The van der Waals surface area contributed by atoms with Crippen LogP contribution < -0.4 is 0 Å². The number of Topliss-reactive ketones (excluding diaryl/α,β-unsaturated/α-hetero) is 1. The fourth-order valence-corrected chi connectivity index (χ4v) is 1.36. The lowest BCUT2D eigenvalue weighted by molar-refractivity contribution is -0.123. The lowest BCUT2D eigenvalue weighted by Gasteiger charge is -2.04. The molecule has 1 atom stereocenters. The molecule has 1 nitrogen and oxygen atoms in total. The molecule has 1 saturated carbocycles. The number of carbonyl (C=O) groups is 1. The fourth-order valence-electron chi connectivity index (χ4n) is 1.36. The monoisotopic (exact) mass is 140 g/mol. The highest BCUT2D eigenvalue weighted by Gasteiger charge is 2.50. The van der Waals surface area contributed by atoms with E-state index < -0.39 is 0 Å². The van der Waals surface area contributed by atoms with Crippen LogP contribution in [0.5, 0.6) is 0 Å². The summed E-state index contributed by atoms with van der Waals surface area (Å²) in [4.78, 5) is 11.3. The van der Waals surface area contributed by atoms with Crippen LogP contribution in [-0.4, -0.2) is 5.78 Å². The molecule has 0 radical (unpaired) electrons. The van der Waals surface area contributed by atoms with Crippen LogP contribution in [0.4, 0.5) is 0 Å². The second-order valence-electron chi connectivity index (χ2n) is 4.30. The van der Waals surface area contributed by atoms with Gasteiger partial charge in [0.05, 0.1) is 0 Å². The molecular weight excluding hydrogens is 124 g/mol. The Balaban J connectivity index is 2.48. The second-order valence-corrected chi connectivity index (χ2v) is 4.30. The first-order chi connectivity index (χ1) is 4.45. The number of ketones is 1. The minimum absolute atomic E-state index is 0.228. The Morgan fingerprint density at radius 1 is 1.50 bits per heavy atom. The Morgan fingerprint density at radius 2 is 1.90 bits per heavy atom. The number of hydrogen-bond acceptors (Lipinski definition) is 1. The van der Waals surface area contributed by atoms with E-state index >= 15 is 0 Å². The zero-order valence-corrected chi connectivity index (χ0v) is 7.27. The molecule has 0 aromatic carbocycles. The average Bonchev–Trinajstić information content (AvgIpc) is 2.38. The standard InChI is InChI=1S/C9H16O/c1-6(2)8(10)7-5-9(7,3)4/h6-7H,5H2,1-4H3/t7-/m0/s1. The van der Waals surface area contributed by atoms with Crippen molar-refractivity contribution in [2.75, 3.05) is 0 Å². The van der Waals surface area contributed by atoms with Crippen molar-refractivity contribution in [2.45, 2.75) is 34.1 Å². The first kappa shape index (κ1) is 7.77. The normalized spacial score (nSPS) is 28.7. The second kappa shape index (κ2) is 2.08. The lowest BCUT2D eigenvalue weighted by Crippen LogP contribution is -2.12. The van der Waals surface area contributed by atoms with E-state index in [9.17, 15) is 4.79 Å². The van der Waals surface area contributed by atoms with Crippen LogP contribution in [0.25, 0.3) is 0 Å². The Kier molecular flexibility index (Phi) is 1.61. The summed E-state index contributed by atoms with van der Waals surface area (Å²) in [6.07, 6.45) is 1.10. The van der Waals surface area contributed by atoms with Gasteiger partial charge in [-0.1, -0.05) is 27.7 Å². The van der Waals surface area contributed by atoms with Gasteiger partial charge in [0.2, 0.25) is 0 Å². The van der Waals surface area contributed by atoms with Gasteiger partial charge in [-0.3, -0.25) is 4.79 Å². The summed E-state index contributed by atoms with van der Waals surface area (Å²) >= 11 is 0. The third-order valence-electron chi connectivity index (χ3n) is 2.43. The van der Waals surface area contributed by atoms with Crippen molar-refractivity contribution in [2.24, 2.45) is 17.3 Å². The van der Waals surface area contributed by atoms with Gasteiger partial charge in [-0.2, -0.15) is 0 Å². The predicted molar refractivity (Wildman–Crippen MR) is 41.7 cm³/mol. The molecule has 0 aromatic heterocycles. The van der Waals surface area contributed by atoms with Gasteiger partial charge in [-0.05, 0) is 11.8 Å². The van der Waals surface area contributed by atoms with E-state index in [1.165, 1.54) is 0 Å². The molecule has 0 spiro atoms. The van der Waals surface area contributed by atoms with Crippen LogP contribution >= 0.6 is 0 Å². The lowest BCUT2D eigenvalue weighted by atomic mass is 9.99. The van der Waals surface area contributed by atoms with Crippen molar-refractivity contribution in [3.63, 3.8) is 0 Å². The molecule has 10 heavy (non-hydrogen) atoms. The molecule has 0 aromatic rings. The van der Waals surface area contributed by atoms with E-state index in [-0.39, 0.29) is 5.92 Å². The first-order valence-electron chi connectivity index (χ1n) is 3.99. The van der Waals surface area contributed by atoms with Crippen LogP contribution in [0.2, 0.25) is 0 Å². The van der Waals surface area contributed by atoms with Gasteiger partial charge < -0.3 is 0 Å². The summed E-state index contributed by atoms with van der Waals surface area (Å²) in [5.74, 6) is 1.05. The largest absolute Gasteiger partial charge is 0.299 e. The van der Waals surface area contributed by atoms with E-state index in [1.54, 1.807) is 0 Å². The molecule has 1 fully saturated rings. The maximum atomic E-state index is 11.3. The van der Waals surface area contributed by atoms with Gasteiger partial charge in [0.15, 0.2) is 0 Å². The summed E-state index contributed by atoms with van der Waals surface area (Å²) in [7, 11) is 0. The third kappa shape index (κ3) is 1.23. The SMILES string of the molecule is CC(C)C(=O)[C@@H]1CC1(C)C. The molecule has 0 aliphatic heterocycles. The Bertz CT molecular complexity index is 156. The van der Waals surface area contributed by atoms with Crippen LogP contribution in [0.3, 0.4) is 0 Å². The predicted octanol–water partition coefficient (Wildman–Crippen LogP) is 2.26. The minimum atomic E-state index is 0.228. The summed E-state index contributed by atoms with van der Waals surface area (Å²) in [5.41, 5.74) is 0.321. The van der Waals surface area contributed by atoms with Crippen LogP contribution in [-0.2, 0) is 4.79 Å². The van der Waals surface area contributed by atoms with Gasteiger partial charge in [0, 0.05) is 11.8 Å². The molecule has 0 unspecified atom stereocenters. The van der Waals surface area contributed by atoms with Gasteiger partial charge in [0.25, 0.3) is 0 Å². The molecule has 0 bridgehead atoms. The fraction of sp³-hybridized carbons (Fsp3) is 0.889. The summed E-state index contributed by atoms with van der Waals surface area (Å²) in [5, 5.41) is 0. The van der Waals surface area contributed by atoms with Gasteiger partial charge in [0.1, 0.15) is 5.78 Å². The number of rotatable bonds is 2. The molecule has 1 aliphatic carbocycles. The van der Waals surface area contributed by atoms with E-state index in [2.05, 4.69) is 13.8 Å². The molecule has 0 amide bonds. The zero-order valence-electron chi connectivity index (χ0n) is 7.27. The minimum Gasteiger partial charge on any atom is -0.299 e. The highest BCUT2D eigenvalue weighted by atomic mass is 16.1. The van der Waals surface area contributed by atoms with Crippen molar-refractivity contribution < 1.29 is 4.79 Å². The molecule has 1 aliphatic rings. The van der Waals surface area contributed by atoms with Gasteiger partial charge in [-0.15, -0.1) is 0 Å². The quantitative estimate of drug-likeness (QED) is 0.575. The maximum absolute atomic E-state index is 11.3. The van der Waals surface area contributed by atoms with Crippen molar-refractivity contribution in [3.8, 4) is 0 Å². The van der Waals surface area contributed by atoms with Crippen molar-refractivity contribution in [3.05, 3.63) is 0 Å². The molecule has 1 rings (SSSR count). The number of hydrogen-bond donors (Lipinski definition) is 0. The van der Waals surface area contributed by atoms with Crippen LogP contribution in [0.1, 0.15) is 34.1 Å². The Morgan fingerprint density at radius 3 is 2.00 bits per heavy atom. The van der Waals surface area contributed by atoms with E-state index in [0.717, 1.165) is 6.42 Å². The third-order valence-corrected chi connectivity index (χ3v) is 2.43. The highest BCUT2D eigenvalue weighted by molar-refractivity contribution is 5.86. The van der Waals surface area contributed by atoms with E-state index in [1.807, 2.05) is 13.8 Å². The average molecular weight is 140 g/mol. The summed E-state index contributed by atoms with van der Waals surface area (Å²) in [6, 6.07) is 0. The molecule has 58 valence electrons. The maximum Gasteiger partial charge on any atom is 0.139 e. The highest BCUT2D eigenvalue weighted by Crippen LogP contribution is 2.52. The number of carbonyl (C=O) groups excluding carboxylic acids is 1. The van der Waals surface area contributed by atoms with Gasteiger partial charge >= 0.3 is 0 Å². The summed E-state index contributed by atoms with van der Waals surface area (Å²) in [6.45, 7) is 8.30. The first-order valence-corrected chi connectivity index (χ1v) is 3.99. The van der Waals surface area contributed by atoms with Gasteiger partial charge in [-0.25, -0.2) is 0 Å². The van der Waals surface area contributed by atoms with Crippen molar-refractivity contribution in [1.82, 2.24) is 0 Å². The summed E-state index contributed by atoms with van der Waals surface area (Å²) < 4.78 is 0. The molecule has 0 heterocycles. The van der Waals surface area contributed by atoms with Crippen molar-refractivity contribution in [1.29, 1.82) is 0 Å². The molecule has 1 heteroatoms. The smallest absolute Gasteiger partial charge is 0.139 e. The Labute approximate surface area is 62.8 Å². The van der Waals surface area contributed by atoms with Crippen LogP contribution in [0.15, 0.2) is 0 Å². The van der Waals surface area contributed by atoms with Crippen LogP contribution in [0, 0.1) is 17.3 Å². The zero-order chi connectivity index (χ0) is 7.94. The molecule has 0 saturated heterocycles. The molecule has 0 N–H and O–H groups in total. The topological polar surface area (TPSA) is 17.1 Å².